The highest BCUT2D eigenvalue weighted by Gasteiger charge is 2.19. The number of nitrogens with one attached hydrogen (secondary N) is 2. The number of hydrogen-bond donors (Lipinski definition) is 3. The minimum Gasteiger partial charge on any atom is -0.356 e. The average molecular weight is 311 g/mol. The van der Waals surface area contributed by atoms with Gasteiger partial charge in [0.25, 0.3) is 0 Å². The number of hydrogen-bond acceptors (Lipinski definition) is 4. The molecule has 0 saturated heterocycles. The van der Waals surface area contributed by atoms with Gasteiger partial charge in [0.05, 0.1) is 4.90 Å². The molecule has 1 amide bonds. The lowest BCUT2D eigenvalue weighted by atomic mass is 10.1. The molecule has 0 aliphatic heterocycles. The zero-order valence-electron chi connectivity index (χ0n) is 11.8. The Balaban J connectivity index is 1.66. The number of primary sulfonamides is 1. The van der Waals surface area contributed by atoms with E-state index in [1.165, 1.54) is 25.0 Å². The van der Waals surface area contributed by atoms with Crippen LogP contribution >= 0.6 is 0 Å². The molecule has 1 aliphatic rings. The summed E-state index contributed by atoms with van der Waals surface area (Å²) >= 11 is 0. The largest absolute Gasteiger partial charge is 0.356 e. The summed E-state index contributed by atoms with van der Waals surface area (Å²) in [4.78, 5) is 11.7. The standard InChI is InChI=1S/C14H21N3O3S/c15-21(19,20)13-5-1-11(2-6-13)7-9-17-14(18)8-10-16-12-3-4-12/h1-2,5-6,12,16H,3-4,7-10H2,(H,17,18)(H2,15,19,20). The maximum absolute atomic E-state index is 11.6. The Hall–Kier alpha value is -1.44. The van der Waals surface area contributed by atoms with E-state index in [-0.39, 0.29) is 10.8 Å². The number of amides is 1. The molecule has 1 fully saturated rings. The van der Waals surface area contributed by atoms with E-state index in [2.05, 4.69) is 10.6 Å². The van der Waals surface area contributed by atoms with Crippen molar-refractivity contribution in [2.45, 2.75) is 36.6 Å². The molecule has 0 heterocycles. The molecule has 21 heavy (non-hydrogen) atoms. The topological polar surface area (TPSA) is 101 Å². The molecular formula is C14H21N3O3S. The monoisotopic (exact) mass is 311 g/mol. The second-order valence-electron chi connectivity index (χ2n) is 5.27. The Kier molecular flexibility index (Phi) is 5.33. The third kappa shape index (κ3) is 5.82. The summed E-state index contributed by atoms with van der Waals surface area (Å²) in [6.07, 6.45) is 3.58. The molecule has 4 N–H and O–H groups in total. The van der Waals surface area contributed by atoms with Crippen molar-refractivity contribution in [1.82, 2.24) is 10.6 Å². The van der Waals surface area contributed by atoms with E-state index in [9.17, 15) is 13.2 Å². The molecule has 1 saturated carbocycles. The number of nitrogens with two attached hydrogens (primary N) is 1. The van der Waals surface area contributed by atoms with Crippen LogP contribution in [0.4, 0.5) is 0 Å². The van der Waals surface area contributed by atoms with E-state index in [0.717, 1.165) is 12.1 Å². The van der Waals surface area contributed by atoms with Crippen molar-refractivity contribution in [3.8, 4) is 0 Å². The highest BCUT2D eigenvalue weighted by Crippen LogP contribution is 2.18. The zero-order valence-corrected chi connectivity index (χ0v) is 12.7. The van der Waals surface area contributed by atoms with Crippen molar-refractivity contribution < 1.29 is 13.2 Å². The first-order valence-electron chi connectivity index (χ1n) is 7.07. The van der Waals surface area contributed by atoms with Crippen LogP contribution in [0.5, 0.6) is 0 Å². The summed E-state index contributed by atoms with van der Waals surface area (Å²) in [7, 11) is -3.64. The number of rotatable bonds is 8. The summed E-state index contributed by atoms with van der Waals surface area (Å²) < 4.78 is 22.2. The summed E-state index contributed by atoms with van der Waals surface area (Å²) in [5, 5.41) is 11.2. The van der Waals surface area contributed by atoms with Gasteiger partial charge in [-0.05, 0) is 37.0 Å². The van der Waals surface area contributed by atoms with Crippen molar-refractivity contribution >= 4 is 15.9 Å². The summed E-state index contributed by atoms with van der Waals surface area (Å²) in [5.41, 5.74) is 0.957. The van der Waals surface area contributed by atoms with E-state index in [1.54, 1.807) is 12.1 Å². The van der Waals surface area contributed by atoms with E-state index < -0.39 is 10.0 Å². The smallest absolute Gasteiger partial charge is 0.238 e. The van der Waals surface area contributed by atoms with Gasteiger partial charge < -0.3 is 10.6 Å². The first-order chi connectivity index (χ1) is 9.95. The number of carbonyl (C=O) groups is 1. The van der Waals surface area contributed by atoms with Crippen LogP contribution in [0, 0.1) is 0 Å². The SMILES string of the molecule is NS(=O)(=O)c1ccc(CCNC(=O)CCNC2CC2)cc1. The van der Waals surface area contributed by atoms with E-state index in [1.807, 2.05) is 0 Å². The van der Waals surface area contributed by atoms with E-state index in [4.69, 9.17) is 5.14 Å². The highest BCUT2D eigenvalue weighted by molar-refractivity contribution is 7.89. The zero-order chi connectivity index (χ0) is 15.3. The van der Waals surface area contributed by atoms with Crippen LogP contribution in [0.1, 0.15) is 24.8 Å². The van der Waals surface area contributed by atoms with Gasteiger partial charge in [0.1, 0.15) is 0 Å². The van der Waals surface area contributed by atoms with Gasteiger partial charge in [0.2, 0.25) is 15.9 Å². The van der Waals surface area contributed by atoms with Gasteiger partial charge in [0.15, 0.2) is 0 Å². The Labute approximate surface area is 125 Å². The normalized spacial score (nSPS) is 14.9. The second-order valence-corrected chi connectivity index (χ2v) is 6.83. The van der Waals surface area contributed by atoms with Gasteiger partial charge in [-0.1, -0.05) is 12.1 Å². The highest BCUT2D eigenvalue weighted by atomic mass is 32.2. The summed E-state index contributed by atoms with van der Waals surface area (Å²) in [5.74, 6) is 0.0318. The third-order valence-corrected chi connectivity index (χ3v) is 4.28. The number of sulfonamides is 1. The van der Waals surface area contributed by atoms with Gasteiger partial charge in [-0.25, -0.2) is 13.6 Å². The van der Waals surface area contributed by atoms with Crippen molar-refractivity contribution in [2.24, 2.45) is 5.14 Å². The van der Waals surface area contributed by atoms with Crippen LogP contribution in [0.2, 0.25) is 0 Å². The van der Waals surface area contributed by atoms with E-state index in [0.29, 0.717) is 25.4 Å². The van der Waals surface area contributed by atoms with Crippen molar-refractivity contribution in [3.63, 3.8) is 0 Å². The van der Waals surface area contributed by atoms with E-state index >= 15 is 0 Å². The Bertz CT molecular complexity index is 580. The molecule has 1 aromatic rings. The van der Waals surface area contributed by atoms with Crippen molar-refractivity contribution in [3.05, 3.63) is 29.8 Å². The quantitative estimate of drug-likeness (QED) is 0.635. The first-order valence-corrected chi connectivity index (χ1v) is 8.61. The van der Waals surface area contributed by atoms with Gasteiger partial charge >= 0.3 is 0 Å². The third-order valence-electron chi connectivity index (χ3n) is 3.35. The minimum atomic E-state index is -3.64. The van der Waals surface area contributed by atoms with Gasteiger partial charge in [-0.2, -0.15) is 0 Å². The maximum atomic E-state index is 11.6. The molecule has 0 radical (unpaired) electrons. The molecule has 2 rings (SSSR count). The fourth-order valence-corrected chi connectivity index (χ4v) is 2.47. The van der Waals surface area contributed by atoms with Crippen LogP contribution in [-0.2, 0) is 21.2 Å². The molecule has 1 aliphatic carbocycles. The maximum Gasteiger partial charge on any atom is 0.238 e. The van der Waals surface area contributed by atoms with Crippen LogP contribution in [0.3, 0.4) is 0 Å². The summed E-state index contributed by atoms with van der Waals surface area (Å²) in [6, 6.07) is 6.99. The van der Waals surface area contributed by atoms with Crippen molar-refractivity contribution in [2.75, 3.05) is 13.1 Å². The number of benzene rings is 1. The predicted octanol–water partition coefficient (Wildman–Crippen LogP) is 0.135. The number of carbonyl (C=O) groups excluding carboxylic acids is 1. The van der Waals surface area contributed by atoms with Gasteiger partial charge in [0, 0.05) is 25.6 Å². The fraction of sp³-hybridized carbons (Fsp3) is 0.500. The summed E-state index contributed by atoms with van der Waals surface area (Å²) in [6.45, 7) is 1.26. The molecule has 0 atom stereocenters. The predicted molar refractivity (Wildman–Crippen MR) is 80.2 cm³/mol. The lowest BCUT2D eigenvalue weighted by molar-refractivity contribution is -0.120. The molecular weight excluding hydrogens is 290 g/mol. The molecule has 0 aromatic heterocycles. The molecule has 116 valence electrons. The Morgan fingerprint density at radius 2 is 1.86 bits per heavy atom. The Morgan fingerprint density at radius 3 is 2.43 bits per heavy atom. The lowest BCUT2D eigenvalue weighted by Gasteiger charge is -2.06. The molecule has 0 bridgehead atoms. The molecule has 7 heteroatoms. The Morgan fingerprint density at radius 1 is 1.19 bits per heavy atom. The van der Waals surface area contributed by atoms with Crippen molar-refractivity contribution in [1.29, 1.82) is 0 Å². The van der Waals surface area contributed by atoms with Crippen LogP contribution in [0.15, 0.2) is 29.2 Å². The van der Waals surface area contributed by atoms with Crippen LogP contribution in [0.25, 0.3) is 0 Å². The second kappa shape index (κ2) is 7.02. The van der Waals surface area contributed by atoms with Crippen LogP contribution < -0.4 is 15.8 Å². The molecule has 0 spiro atoms. The minimum absolute atomic E-state index is 0.0318. The lowest BCUT2D eigenvalue weighted by Crippen LogP contribution is -2.29. The average Bonchev–Trinajstić information content (AvgIpc) is 3.22. The van der Waals surface area contributed by atoms with Gasteiger partial charge in [-0.15, -0.1) is 0 Å². The molecule has 1 aromatic carbocycles. The first kappa shape index (κ1) is 15.9. The fourth-order valence-electron chi connectivity index (χ4n) is 1.96. The van der Waals surface area contributed by atoms with Gasteiger partial charge in [-0.3, -0.25) is 4.79 Å². The van der Waals surface area contributed by atoms with Crippen LogP contribution in [-0.4, -0.2) is 33.5 Å². The molecule has 0 unspecified atom stereocenters. The molecule has 6 nitrogen and oxygen atoms in total.